The highest BCUT2D eigenvalue weighted by Crippen LogP contribution is 2.24. The van der Waals surface area contributed by atoms with Gasteiger partial charge in [0.2, 0.25) is 0 Å². The average molecular weight is 402 g/mol. The number of hydrogen-bond donors (Lipinski definition) is 1. The number of halogens is 3. The summed E-state index contributed by atoms with van der Waals surface area (Å²) in [5.74, 6) is 0.220. The molecule has 7 heteroatoms. The highest BCUT2D eigenvalue weighted by atomic mass is 79.9. The second-order valence-electron chi connectivity index (χ2n) is 4.18. The molecule has 1 N–H and O–H groups in total. The van der Waals surface area contributed by atoms with Crippen LogP contribution in [-0.4, -0.2) is 18.7 Å². The molecule has 0 fully saturated rings. The van der Waals surface area contributed by atoms with Gasteiger partial charge in [0.1, 0.15) is 5.75 Å². The fourth-order valence-electron chi connectivity index (χ4n) is 1.51. The van der Waals surface area contributed by atoms with E-state index in [0.717, 1.165) is 4.47 Å². The summed E-state index contributed by atoms with van der Waals surface area (Å²) in [5, 5.41) is 4.62. The maximum atomic E-state index is 11.6. The van der Waals surface area contributed by atoms with Crippen molar-refractivity contribution in [3.63, 3.8) is 0 Å². The normalized spacial score (nSPS) is 10.7. The zero-order valence-electron chi connectivity index (χ0n) is 11.2. The molecular weight excluding hydrogens is 391 g/mol. The number of carbonyl (C=O) groups is 1. The standard InChI is InChI=1S/C15H11BrCl2N2O2/c16-11-4-6-12(7-5-11)22-9-14(21)20-19-8-10-2-1-3-13(17)15(10)18/h1-8H,9H2,(H,20,21)/b19-8-. The third-order valence-corrected chi connectivity index (χ3v) is 3.92. The van der Waals surface area contributed by atoms with Crippen molar-refractivity contribution in [1.29, 1.82) is 0 Å². The molecule has 0 spiro atoms. The van der Waals surface area contributed by atoms with Gasteiger partial charge in [0.15, 0.2) is 6.61 Å². The fourth-order valence-corrected chi connectivity index (χ4v) is 2.13. The minimum atomic E-state index is -0.377. The Morgan fingerprint density at radius 2 is 1.95 bits per heavy atom. The number of nitrogens with zero attached hydrogens (tertiary/aromatic N) is 1. The van der Waals surface area contributed by atoms with E-state index in [1.54, 1.807) is 30.3 Å². The van der Waals surface area contributed by atoms with Crippen molar-refractivity contribution in [3.05, 3.63) is 62.5 Å². The largest absolute Gasteiger partial charge is 0.484 e. The Hall–Kier alpha value is -1.56. The van der Waals surface area contributed by atoms with Crippen LogP contribution in [0, 0.1) is 0 Å². The van der Waals surface area contributed by atoms with Crippen molar-refractivity contribution in [2.45, 2.75) is 0 Å². The van der Waals surface area contributed by atoms with Crippen molar-refractivity contribution in [2.24, 2.45) is 5.10 Å². The average Bonchev–Trinajstić information content (AvgIpc) is 2.51. The van der Waals surface area contributed by atoms with Crippen LogP contribution in [0.3, 0.4) is 0 Å². The van der Waals surface area contributed by atoms with Crippen molar-refractivity contribution < 1.29 is 9.53 Å². The van der Waals surface area contributed by atoms with Crippen LogP contribution in [0.4, 0.5) is 0 Å². The van der Waals surface area contributed by atoms with Crippen LogP contribution in [0.1, 0.15) is 5.56 Å². The summed E-state index contributed by atoms with van der Waals surface area (Å²) in [4.78, 5) is 11.6. The lowest BCUT2D eigenvalue weighted by molar-refractivity contribution is -0.123. The smallest absolute Gasteiger partial charge is 0.277 e. The zero-order chi connectivity index (χ0) is 15.9. The first kappa shape index (κ1) is 16.8. The molecular formula is C15H11BrCl2N2O2. The van der Waals surface area contributed by atoms with E-state index >= 15 is 0 Å². The maximum Gasteiger partial charge on any atom is 0.277 e. The molecule has 0 bridgehead atoms. The van der Waals surface area contributed by atoms with Crippen molar-refractivity contribution in [3.8, 4) is 5.75 Å². The molecule has 0 unspecified atom stereocenters. The van der Waals surface area contributed by atoms with Gasteiger partial charge in [-0.05, 0) is 30.3 Å². The lowest BCUT2D eigenvalue weighted by Gasteiger charge is -2.05. The molecule has 0 aromatic heterocycles. The summed E-state index contributed by atoms with van der Waals surface area (Å²) >= 11 is 15.2. The molecule has 114 valence electrons. The van der Waals surface area contributed by atoms with Crippen LogP contribution >= 0.6 is 39.1 Å². The molecule has 1 amide bonds. The van der Waals surface area contributed by atoms with Crippen LogP contribution in [0.2, 0.25) is 10.0 Å². The van der Waals surface area contributed by atoms with Crippen molar-refractivity contribution >= 4 is 51.3 Å². The van der Waals surface area contributed by atoms with Crippen LogP contribution in [0.25, 0.3) is 0 Å². The van der Waals surface area contributed by atoms with E-state index in [1.165, 1.54) is 6.21 Å². The van der Waals surface area contributed by atoms with Gasteiger partial charge in [0.05, 0.1) is 16.3 Å². The molecule has 2 aromatic rings. The topological polar surface area (TPSA) is 50.7 Å². The highest BCUT2D eigenvalue weighted by molar-refractivity contribution is 9.10. The Balaban J connectivity index is 1.83. The quantitative estimate of drug-likeness (QED) is 0.600. The Morgan fingerprint density at radius 3 is 2.68 bits per heavy atom. The number of nitrogens with one attached hydrogen (secondary N) is 1. The summed E-state index contributed by atoms with van der Waals surface area (Å²) in [6.07, 6.45) is 1.42. The second-order valence-corrected chi connectivity index (χ2v) is 5.88. The number of benzene rings is 2. The minimum Gasteiger partial charge on any atom is -0.484 e. The monoisotopic (exact) mass is 400 g/mol. The SMILES string of the molecule is O=C(COc1ccc(Br)cc1)N/N=C\c1cccc(Cl)c1Cl. The van der Waals surface area contributed by atoms with Gasteiger partial charge in [0, 0.05) is 10.0 Å². The van der Waals surface area contributed by atoms with Crippen LogP contribution in [-0.2, 0) is 4.79 Å². The second kappa shape index (κ2) is 8.17. The number of amides is 1. The van der Waals surface area contributed by atoms with E-state index in [-0.39, 0.29) is 12.5 Å². The number of hydrazone groups is 1. The van der Waals surface area contributed by atoms with E-state index in [4.69, 9.17) is 27.9 Å². The Labute approximate surface area is 146 Å². The van der Waals surface area contributed by atoms with E-state index in [0.29, 0.717) is 21.4 Å². The van der Waals surface area contributed by atoms with Gasteiger partial charge in [0.25, 0.3) is 5.91 Å². The van der Waals surface area contributed by atoms with Crippen molar-refractivity contribution in [1.82, 2.24) is 5.43 Å². The Morgan fingerprint density at radius 1 is 1.23 bits per heavy atom. The van der Waals surface area contributed by atoms with Crippen molar-refractivity contribution in [2.75, 3.05) is 6.61 Å². The molecule has 0 aliphatic heterocycles. The molecule has 4 nitrogen and oxygen atoms in total. The number of hydrogen-bond acceptors (Lipinski definition) is 3. The zero-order valence-corrected chi connectivity index (χ0v) is 14.3. The maximum absolute atomic E-state index is 11.6. The summed E-state index contributed by atoms with van der Waals surface area (Å²) in [7, 11) is 0. The van der Waals surface area contributed by atoms with Gasteiger partial charge in [-0.2, -0.15) is 5.10 Å². The van der Waals surface area contributed by atoms with Gasteiger partial charge in [-0.15, -0.1) is 0 Å². The van der Waals surface area contributed by atoms with Gasteiger partial charge >= 0.3 is 0 Å². The van der Waals surface area contributed by atoms with E-state index in [2.05, 4.69) is 26.5 Å². The van der Waals surface area contributed by atoms with Crippen LogP contribution in [0.5, 0.6) is 5.75 Å². The predicted molar refractivity (Wildman–Crippen MR) is 91.8 cm³/mol. The summed E-state index contributed by atoms with van der Waals surface area (Å²) in [6, 6.07) is 12.3. The molecule has 22 heavy (non-hydrogen) atoms. The highest BCUT2D eigenvalue weighted by Gasteiger charge is 2.03. The molecule has 0 radical (unpaired) electrons. The van der Waals surface area contributed by atoms with Crippen LogP contribution < -0.4 is 10.2 Å². The lowest BCUT2D eigenvalue weighted by Crippen LogP contribution is -2.24. The third-order valence-electron chi connectivity index (χ3n) is 2.56. The Kier molecular flexibility index (Phi) is 6.24. The van der Waals surface area contributed by atoms with Gasteiger partial charge in [-0.1, -0.05) is 51.3 Å². The van der Waals surface area contributed by atoms with E-state index < -0.39 is 0 Å². The number of rotatable bonds is 5. The van der Waals surface area contributed by atoms with E-state index in [1.807, 2.05) is 12.1 Å². The van der Waals surface area contributed by atoms with Gasteiger partial charge in [-0.3, -0.25) is 4.79 Å². The van der Waals surface area contributed by atoms with E-state index in [9.17, 15) is 4.79 Å². The Bertz CT molecular complexity index is 690. The molecule has 0 aliphatic carbocycles. The molecule has 0 saturated heterocycles. The first-order chi connectivity index (χ1) is 10.6. The molecule has 2 aromatic carbocycles. The minimum absolute atomic E-state index is 0.137. The number of ether oxygens (including phenoxy) is 1. The summed E-state index contributed by atoms with van der Waals surface area (Å²) in [6.45, 7) is -0.137. The first-order valence-corrected chi connectivity index (χ1v) is 7.75. The lowest BCUT2D eigenvalue weighted by atomic mass is 10.2. The molecule has 0 saturated carbocycles. The fraction of sp³-hybridized carbons (Fsp3) is 0.0667. The number of carbonyl (C=O) groups excluding carboxylic acids is 1. The first-order valence-electron chi connectivity index (χ1n) is 6.20. The van der Waals surface area contributed by atoms with Gasteiger partial charge in [-0.25, -0.2) is 5.43 Å². The molecule has 2 rings (SSSR count). The molecule has 0 atom stereocenters. The summed E-state index contributed by atoms with van der Waals surface area (Å²) in [5.41, 5.74) is 2.97. The van der Waals surface area contributed by atoms with Gasteiger partial charge < -0.3 is 4.74 Å². The molecule has 0 aliphatic rings. The molecule has 0 heterocycles. The summed E-state index contributed by atoms with van der Waals surface area (Å²) < 4.78 is 6.25. The third kappa shape index (κ3) is 5.02. The predicted octanol–water partition coefficient (Wildman–Crippen LogP) is 4.29. The van der Waals surface area contributed by atoms with Crippen LogP contribution in [0.15, 0.2) is 52.0 Å².